The molecule has 0 radical (unpaired) electrons. The molecule has 0 saturated carbocycles. The van der Waals surface area contributed by atoms with Crippen molar-refractivity contribution in [3.8, 4) is 17.0 Å². The quantitative estimate of drug-likeness (QED) is 0.280. The van der Waals surface area contributed by atoms with Gasteiger partial charge in [-0.05, 0) is 63.6 Å². The molecule has 1 aromatic carbocycles. The van der Waals surface area contributed by atoms with E-state index in [0.29, 0.717) is 39.5 Å². The number of benzene rings is 1. The highest BCUT2D eigenvalue weighted by Gasteiger charge is 2.36. The summed E-state index contributed by atoms with van der Waals surface area (Å²) in [7, 11) is 0. The maximum absolute atomic E-state index is 15.3. The third kappa shape index (κ3) is 7.54. The molecule has 0 amide bonds. The van der Waals surface area contributed by atoms with Crippen LogP contribution in [0.25, 0.3) is 11.1 Å². The lowest BCUT2D eigenvalue weighted by molar-refractivity contribution is -0.160. The zero-order chi connectivity index (χ0) is 29.9. The van der Waals surface area contributed by atoms with Crippen molar-refractivity contribution >= 4 is 23.3 Å². The fraction of sp³-hybridized carbons (Fsp3) is 0.469. The van der Waals surface area contributed by atoms with Crippen molar-refractivity contribution in [1.82, 2.24) is 9.97 Å². The number of rotatable bonds is 9. The first-order chi connectivity index (χ1) is 19.3. The van der Waals surface area contributed by atoms with Crippen molar-refractivity contribution in [3.63, 3.8) is 0 Å². The van der Waals surface area contributed by atoms with Crippen LogP contribution in [0.4, 0.5) is 10.1 Å². The summed E-state index contributed by atoms with van der Waals surface area (Å²) in [6.07, 6.45) is 4.32. The number of aromatic nitrogens is 2. The van der Waals surface area contributed by atoms with Crippen LogP contribution in [0.2, 0.25) is 5.02 Å². The fourth-order valence-corrected chi connectivity index (χ4v) is 5.26. The van der Waals surface area contributed by atoms with E-state index < -0.39 is 23.5 Å². The second-order valence-electron chi connectivity index (χ2n) is 12.3. The Morgan fingerprint density at radius 3 is 2.46 bits per heavy atom. The lowest BCUT2D eigenvalue weighted by Crippen LogP contribution is -2.39. The second-order valence-corrected chi connectivity index (χ2v) is 12.7. The second kappa shape index (κ2) is 12.3. The summed E-state index contributed by atoms with van der Waals surface area (Å²) in [6, 6.07) is 8.81. The molecule has 4 rings (SSSR count). The highest BCUT2D eigenvalue weighted by atomic mass is 35.5. The molecule has 41 heavy (non-hydrogen) atoms. The van der Waals surface area contributed by atoms with Gasteiger partial charge in [-0.25, -0.2) is 14.2 Å². The highest BCUT2D eigenvalue weighted by Crippen LogP contribution is 2.43. The van der Waals surface area contributed by atoms with E-state index in [9.17, 15) is 9.90 Å². The minimum Gasteiger partial charge on any atom is -0.479 e. The van der Waals surface area contributed by atoms with Crippen LogP contribution in [0, 0.1) is 18.2 Å². The van der Waals surface area contributed by atoms with Gasteiger partial charge in [-0.3, -0.25) is 4.98 Å². The standard InChI is InChI=1S/C32H39ClFN3O4/c1-20-26(28(30(38)39)41-31(2,3)4)27(37-14-12-32(5,6)13-15-37)23(19-35-20)22-17-25(34)29(36-18-22)40-16-11-21-9-7-8-10-24(21)33/h7-10,17-19,28H,11-16H2,1-6H3,(H,38,39). The lowest BCUT2D eigenvalue weighted by atomic mass is 9.82. The highest BCUT2D eigenvalue weighted by molar-refractivity contribution is 6.31. The SMILES string of the molecule is Cc1ncc(-c2cnc(OCCc3ccccc3Cl)c(F)c2)c(N2CCC(C)(C)CC2)c1C(OC(C)(C)C)C(=O)O. The average molecular weight is 584 g/mol. The number of aliphatic carboxylic acids is 1. The number of ether oxygens (including phenoxy) is 2. The van der Waals surface area contributed by atoms with Crippen molar-refractivity contribution in [3.05, 3.63) is 70.4 Å². The molecule has 1 saturated heterocycles. The molecule has 1 aliphatic heterocycles. The van der Waals surface area contributed by atoms with Crippen molar-refractivity contribution in [2.45, 2.75) is 72.5 Å². The van der Waals surface area contributed by atoms with Crippen LogP contribution >= 0.6 is 11.6 Å². The molecule has 7 nitrogen and oxygen atoms in total. The van der Waals surface area contributed by atoms with Crippen LogP contribution in [0.15, 0.2) is 42.7 Å². The van der Waals surface area contributed by atoms with E-state index in [1.54, 1.807) is 25.4 Å². The van der Waals surface area contributed by atoms with Crippen molar-refractivity contribution < 1.29 is 23.8 Å². The van der Waals surface area contributed by atoms with Gasteiger partial charge in [0.15, 0.2) is 11.9 Å². The van der Waals surface area contributed by atoms with Gasteiger partial charge >= 0.3 is 5.97 Å². The van der Waals surface area contributed by atoms with E-state index in [4.69, 9.17) is 21.1 Å². The summed E-state index contributed by atoms with van der Waals surface area (Å²) in [5.74, 6) is -1.83. The Morgan fingerprint density at radius 1 is 1.17 bits per heavy atom. The third-order valence-corrected chi connectivity index (χ3v) is 7.73. The van der Waals surface area contributed by atoms with Crippen LogP contribution in [-0.2, 0) is 16.0 Å². The molecule has 1 atom stereocenters. The molecule has 0 spiro atoms. The number of hydrogen-bond donors (Lipinski definition) is 1. The monoisotopic (exact) mass is 583 g/mol. The first-order valence-electron chi connectivity index (χ1n) is 13.9. The predicted molar refractivity (Wildman–Crippen MR) is 159 cm³/mol. The van der Waals surface area contributed by atoms with E-state index in [-0.39, 0.29) is 17.9 Å². The molecule has 3 aromatic rings. The summed E-state index contributed by atoms with van der Waals surface area (Å²) < 4.78 is 27.1. The Kier molecular flexibility index (Phi) is 9.24. The molecule has 1 N–H and O–H groups in total. The number of hydrogen-bond acceptors (Lipinski definition) is 6. The first kappa shape index (κ1) is 30.7. The number of nitrogens with zero attached hydrogens (tertiary/aromatic N) is 3. The number of carbonyl (C=O) groups is 1. The predicted octanol–water partition coefficient (Wildman–Crippen LogP) is 7.43. The zero-order valence-corrected chi connectivity index (χ0v) is 25.4. The molecule has 2 aromatic heterocycles. The summed E-state index contributed by atoms with van der Waals surface area (Å²) in [4.78, 5) is 23.6. The molecule has 1 unspecified atom stereocenters. The molecule has 9 heteroatoms. The van der Waals surface area contributed by atoms with Gasteiger partial charge in [0.2, 0.25) is 5.88 Å². The number of carboxylic acid groups (broad SMARTS) is 1. The molecule has 0 bridgehead atoms. The molecular weight excluding hydrogens is 545 g/mol. The van der Waals surface area contributed by atoms with Crippen LogP contribution < -0.4 is 9.64 Å². The molecule has 3 heterocycles. The van der Waals surface area contributed by atoms with Gasteiger partial charge in [-0.1, -0.05) is 43.6 Å². The van der Waals surface area contributed by atoms with Gasteiger partial charge in [0.25, 0.3) is 0 Å². The van der Waals surface area contributed by atoms with Crippen molar-refractivity contribution in [2.75, 3.05) is 24.6 Å². The van der Waals surface area contributed by atoms with Gasteiger partial charge in [-0.2, -0.15) is 0 Å². The van der Waals surface area contributed by atoms with Crippen LogP contribution in [-0.4, -0.2) is 46.3 Å². The Balaban J connectivity index is 1.72. The van der Waals surface area contributed by atoms with Crippen LogP contribution in [0.3, 0.4) is 0 Å². The Morgan fingerprint density at radius 2 is 1.85 bits per heavy atom. The van der Waals surface area contributed by atoms with Crippen LogP contribution in [0.5, 0.6) is 5.88 Å². The van der Waals surface area contributed by atoms with E-state index in [0.717, 1.165) is 31.5 Å². The van der Waals surface area contributed by atoms with E-state index in [2.05, 4.69) is 28.7 Å². The summed E-state index contributed by atoms with van der Waals surface area (Å²) in [5, 5.41) is 10.9. The summed E-state index contributed by atoms with van der Waals surface area (Å²) in [5.41, 5.74) is 3.16. The minimum absolute atomic E-state index is 0.109. The van der Waals surface area contributed by atoms with Gasteiger partial charge in [0, 0.05) is 59.3 Å². The Labute approximate surface area is 246 Å². The number of piperidine rings is 1. The fourth-order valence-electron chi connectivity index (χ4n) is 5.03. The third-order valence-electron chi connectivity index (χ3n) is 7.36. The normalized spacial score (nSPS) is 16.0. The summed E-state index contributed by atoms with van der Waals surface area (Å²) in [6.45, 7) is 13.4. The largest absolute Gasteiger partial charge is 0.479 e. The van der Waals surface area contributed by atoms with Crippen molar-refractivity contribution in [1.29, 1.82) is 0 Å². The number of anilines is 1. The molecule has 0 aliphatic carbocycles. The topological polar surface area (TPSA) is 84.8 Å². The number of pyridine rings is 2. The minimum atomic E-state index is -1.25. The van der Waals surface area contributed by atoms with E-state index in [1.165, 1.54) is 6.07 Å². The van der Waals surface area contributed by atoms with Gasteiger partial charge < -0.3 is 19.5 Å². The molecule has 220 valence electrons. The molecular formula is C32H39ClFN3O4. The maximum Gasteiger partial charge on any atom is 0.337 e. The molecule has 1 fully saturated rings. The number of halogens is 2. The van der Waals surface area contributed by atoms with E-state index >= 15 is 4.39 Å². The maximum atomic E-state index is 15.3. The molecule has 1 aliphatic rings. The average Bonchev–Trinajstić information content (AvgIpc) is 2.89. The summed E-state index contributed by atoms with van der Waals surface area (Å²) >= 11 is 6.22. The number of aryl methyl sites for hydroxylation is 1. The Bertz CT molecular complexity index is 1400. The zero-order valence-electron chi connectivity index (χ0n) is 24.6. The first-order valence-corrected chi connectivity index (χ1v) is 14.3. The smallest absolute Gasteiger partial charge is 0.337 e. The van der Waals surface area contributed by atoms with E-state index in [1.807, 2.05) is 39.0 Å². The van der Waals surface area contributed by atoms with Gasteiger partial charge in [0.1, 0.15) is 0 Å². The van der Waals surface area contributed by atoms with Crippen LogP contribution in [0.1, 0.15) is 70.4 Å². The number of carboxylic acids is 1. The Hall–Kier alpha value is -3.23. The van der Waals surface area contributed by atoms with Gasteiger partial charge in [0.05, 0.1) is 17.9 Å². The van der Waals surface area contributed by atoms with Crippen molar-refractivity contribution in [2.24, 2.45) is 5.41 Å². The lowest BCUT2D eigenvalue weighted by Gasteiger charge is -2.40. The van der Waals surface area contributed by atoms with Gasteiger partial charge in [-0.15, -0.1) is 0 Å².